The smallest absolute Gasteiger partial charge is 0.320 e. The molecular weight excluding hydrogens is 302 g/mol. The van der Waals surface area contributed by atoms with Gasteiger partial charge in [0, 0.05) is 12.0 Å². The van der Waals surface area contributed by atoms with E-state index in [0.29, 0.717) is 13.2 Å². The number of rotatable bonds is 7. The Bertz CT molecular complexity index is 589. The van der Waals surface area contributed by atoms with Crippen molar-refractivity contribution < 1.29 is 14.5 Å². The second-order valence-electron chi connectivity index (χ2n) is 5.16. The number of aryl methyl sites for hydroxylation is 1. The van der Waals surface area contributed by atoms with Crippen LogP contribution < -0.4 is 10.2 Å². The number of nitrogens with one attached hydrogen (secondary N) is 1. The second-order valence-corrected chi connectivity index (χ2v) is 5.16. The molecule has 1 aromatic rings. The molecule has 1 amide bonds. The van der Waals surface area contributed by atoms with Crippen LogP contribution in [0.5, 0.6) is 5.75 Å². The molecule has 0 aromatic heterocycles. The molecule has 0 saturated heterocycles. The highest BCUT2D eigenvalue weighted by atomic mass is 16.6. The van der Waals surface area contributed by atoms with E-state index >= 15 is 0 Å². The molecule has 0 bridgehead atoms. The number of hydrazone groups is 1. The first-order valence-electron chi connectivity index (χ1n) is 7.10. The zero-order valence-corrected chi connectivity index (χ0v) is 13.0. The molecule has 0 saturated carbocycles. The summed E-state index contributed by atoms with van der Waals surface area (Å²) in [6.07, 6.45) is 0.0614. The molecule has 0 aliphatic carbocycles. The SMILES string of the molecule is Cc1ccc(OCCN(C)C(=O)CN2N=CC([N+](=O)[O-])N2)cc1. The van der Waals surface area contributed by atoms with Crippen molar-refractivity contribution in [3.63, 3.8) is 0 Å². The van der Waals surface area contributed by atoms with Crippen molar-refractivity contribution in [3.05, 3.63) is 39.9 Å². The summed E-state index contributed by atoms with van der Waals surface area (Å²) in [5.74, 6) is 0.530. The number of benzene rings is 1. The normalized spacial score (nSPS) is 16.4. The van der Waals surface area contributed by atoms with Gasteiger partial charge in [-0.3, -0.25) is 14.9 Å². The second kappa shape index (κ2) is 7.54. The molecule has 1 aliphatic rings. The van der Waals surface area contributed by atoms with E-state index in [-0.39, 0.29) is 12.5 Å². The summed E-state index contributed by atoms with van der Waals surface area (Å²) in [7, 11) is 1.64. The number of nitrogens with zero attached hydrogens (tertiary/aromatic N) is 4. The van der Waals surface area contributed by atoms with Crippen molar-refractivity contribution in [3.8, 4) is 5.75 Å². The minimum atomic E-state index is -1.09. The van der Waals surface area contributed by atoms with Crippen molar-refractivity contribution in [1.29, 1.82) is 0 Å². The van der Waals surface area contributed by atoms with Crippen molar-refractivity contribution in [2.45, 2.75) is 13.1 Å². The van der Waals surface area contributed by atoms with Gasteiger partial charge in [-0.05, 0) is 19.1 Å². The third kappa shape index (κ3) is 4.92. The Morgan fingerprint density at radius 1 is 1.48 bits per heavy atom. The average molecular weight is 321 g/mol. The topological polar surface area (TPSA) is 100 Å². The fourth-order valence-corrected chi connectivity index (χ4v) is 1.86. The van der Waals surface area contributed by atoms with Crippen molar-refractivity contribution in [2.24, 2.45) is 5.10 Å². The standard InChI is InChI=1S/C14H19N5O4/c1-11-3-5-12(6-4-11)23-8-7-17(2)14(20)10-18-15-9-13(16-18)19(21)22/h3-6,9,13,16H,7-8,10H2,1-2H3. The van der Waals surface area contributed by atoms with E-state index in [1.54, 1.807) is 7.05 Å². The fraction of sp³-hybridized carbons (Fsp3) is 0.429. The van der Waals surface area contributed by atoms with E-state index in [1.165, 1.54) is 4.90 Å². The average Bonchev–Trinajstić information content (AvgIpc) is 2.98. The molecule has 1 unspecified atom stereocenters. The number of amides is 1. The molecular formula is C14H19N5O4. The molecule has 1 heterocycles. The zero-order valence-electron chi connectivity index (χ0n) is 13.0. The molecule has 1 atom stereocenters. The molecule has 0 radical (unpaired) electrons. The number of likely N-dealkylation sites (N-methyl/N-ethyl adjacent to an activating group) is 1. The van der Waals surface area contributed by atoms with Gasteiger partial charge in [0.25, 0.3) is 0 Å². The van der Waals surface area contributed by atoms with E-state index < -0.39 is 11.1 Å². The van der Waals surface area contributed by atoms with E-state index in [0.717, 1.165) is 22.6 Å². The van der Waals surface area contributed by atoms with Gasteiger partial charge in [0.05, 0.1) is 6.54 Å². The van der Waals surface area contributed by atoms with E-state index in [1.807, 2.05) is 31.2 Å². The predicted octanol–water partition coefficient (Wildman–Crippen LogP) is 0.241. The van der Waals surface area contributed by atoms with Gasteiger partial charge in [0.1, 0.15) is 25.1 Å². The molecule has 9 heteroatoms. The summed E-state index contributed by atoms with van der Waals surface area (Å²) < 4.78 is 5.56. The Labute approximate surface area is 133 Å². The summed E-state index contributed by atoms with van der Waals surface area (Å²) in [5.41, 5.74) is 3.65. The van der Waals surface area contributed by atoms with E-state index in [9.17, 15) is 14.9 Å². The molecule has 1 aromatic carbocycles. The van der Waals surface area contributed by atoms with Crippen LogP contribution in [0.2, 0.25) is 0 Å². The number of carbonyl (C=O) groups is 1. The van der Waals surface area contributed by atoms with Crippen molar-refractivity contribution >= 4 is 12.1 Å². The van der Waals surface area contributed by atoms with Gasteiger partial charge in [-0.2, -0.15) is 5.10 Å². The first kappa shape index (κ1) is 16.7. The minimum absolute atomic E-state index is 0.0815. The Hall–Kier alpha value is -2.68. The predicted molar refractivity (Wildman–Crippen MR) is 83.4 cm³/mol. The number of ether oxygens (including phenoxy) is 1. The summed E-state index contributed by atoms with van der Waals surface area (Å²) in [5, 5.41) is 15.5. The summed E-state index contributed by atoms with van der Waals surface area (Å²) >= 11 is 0. The van der Waals surface area contributed by atoms with Crippen LogP contribution in [0.3, 0.4) is 0 Å². The maximum atomic E-state index is 12.0. The van der Waals surface area contributed by atoms with Gasteiger partial charge < -0.3 is 9.64 Å². The molecule has 0 fully saturated rings. The molecule has 124 valence electrons. The highest BCUT2D eigenvalue weighted by molar-refractivity contribution is 5.78. The van der Waals surface area contributed by atoms with Gasteiger partial charge in [0.2, 0.25) is 5.91 Å². The first-order valence-corrected chi connectivity index (χ1v) is 7.10. The zero-order chi connectivity index (χ0) is 16.8. The molecule has 1 N–H and O–H groups in total. The van der Waals surface area contributed by atoms with Gasteiger partial charge in [-0.1, -0.05) is 17.7 Å². The van der Waals surface area contributed by atoms with Gasteiger partial charge in [-0.25, -0.2) is 5.12 Å². The molecule has 9 nitrogen and oxygen atoms in total. The number of nitro groups is 1. The van der Waals surface area contributed by atoms with Crippen molar-refractivity contribution in [1.82, 2.24) is 15.4 Å². The summed E-state index contributed by atoms with van der Waals surface area (Å²) in [6.45, 7) is 2.68. The van der Waals surface area contributed by atoms with Gasteiger partial charge in [0.15, 0.2) is 0 Å². The lowest BCUT2D eigenvalue weighted by molar-refractivity contribution is -0.511. The fourth-order valence-electron chi connectivity index (χ4n) is 1.86. The van der Waals surface area contributed by atoms with Crippen LogP contribution in [0.15, 0.2) is 29.4 Å². The van der Waals surface area contributed by atoms with Crippen molar-refractivity contribution in [2.75, 3.05) is 26.7 Å². The van der Waals surface area contributed by atoms with Gasteiger partial charge >= 0.3 is 6.17 Å². The quantitative estimate of drug-likeness (QED) is 0.570. The Morgan fingerprint density at radius 3 is 2.78 bits per heavy atom. The van der Waals surface area contributed by atoms with Crippen LogP contribution in [0, 0.1) is 17.0 Å². The maximum Gasteiger partial charge on any atom is 0.320 e. The van der Waals surface area contributed by atoms with Crippen LogP contribution in [-0.2, 0) is 4.79 Å². The number of carbonyl (C=O) groups excluding carboxylic acids is 1. The van der Waals surface area contributed by atoms with E-state index in [4.69, 9.17) is 4.74 Å². The Kier molecular flexibility index (Phi) is 5.47. The minimum Gasteiger partial charge on any atom is -0.492 e. The first-order chi connectivity index (χ1) is 11.0. The Morgan fingerprint density at radius 2 is 2.17 bits per heavy atom. The van der Waals surface area contributed by atoms with E-state index in [2.05, 4.69) is 10.5 Å². The third-order valence-electron chi connectivity index (χ3n) is 3.28. The number of hydrogen-bond acceptors (Lipinski definition) is 7. The summed E-state index contributed by atoms with van der Waals surface area (Å²) in [4.78, 5) is 23.6. The van der Waals surface area contributed by atoms with Crippen LogP contribution >= 0.6 is 0 Å². The largest absolute Gasteiger partial charge is 0.492 e. The number of hydrogen-bond donors (Lipinski definition) is 1. The highest BCUT2D eigenvalue weighted by Crippen LogP contribution is 2.11. The lowest BCUT2D eigenvalue weighted by Crippen LogP contribution is -2.45. The monoisotopic (exact) mass is 321 g/mol. The van der Waals surface area contributed by atoms with Crippen LogP contribution in [0.4, 0.5) is 0 Å². The Balaban J connectivity index is 1.70. The van der Waals surface area contributed by atoms with Crippen LogP contribution in [-0.4, -0.2) is 60.0 Å². The molecule has 2 rings (SSSR count). The summed E-state index contributed by atoms with van der Waals surface area (Å²) in [6, 6.07) is 7.65. The maximum absolute atomic E-state index is 12.0. The lowest BCUT2D eigenvalue weighted by Gasteiger charge is -2.20. The molecule has 23 heavy (non-hydrogen) atoms. The molecule has 1 aliphatic heterocycles. The van der Waals surface area contributed by atoms with Crippen LogP contribution in [0.1, 0.15) is 5.56 Å². The third-order valence-corrected chi connectivity index (χ3v) is 3.28. The highest BCUT2D eigenvalue weighted by Gasteiger charge is 2.27. The van der Waals surface area contributed by atoms with Crippen LogP contribution in [0.25, 0.3) is 0 Å². The molecule has 0 spiro atoms. The number of hydrazine groups is 1. The lowest BCUT2D eigenvalue weighted by atomic mass is 10.2. The van der Waals surface area contributed by atoms with Gasteiger partial charge in [-0.15, -0.1) is 5.43 Å².